The molecule has 0 unspecified atom stereocenters. The molecule has 6 heteroatoms. The molecule has 1 N–H and O–H groups in total. The molecule has 0 spiro atoms. The molecule has 1 aliphatic carbocycles. The number of anilines is 1. The second-order valence-corrected chi connectivity index (χ2v) is 8.35. The standard InChI is InChI=1S/C25H23ClN2O3/c26-17-9-10-23(24(29)15-17)27-11-13-28(14-12-27)25(30)31-16-22-20-7-3-1-5-18(20)19-6-2-4-8-21(19)22/h1-10,15,22,29H,11-14,16H2. The number of phenolic OH excluding ortho intramolecular Hbond substituents is 1. The van der Waals surface area contributed by atoms with Crippen LogP contribution in [0, 0.1) is 0 Å². The highest BCUT2D eigenvalue weighted by Gasteiger charge is 2.30. The lowest BCUT2D eigenvalue weighted by atomic mass is 9.98. The van der Waals surface area contributed by atoms with Crippen LogP contribution in [0.2, 0.25) is 5.02 Å². The molecule has 0 bridgehead atoms. The fraction of sp³-hybridized carbons (Fsp3) is 0.240. The summed E-state index contributed by atoms with van der Waals surface area (Å²) in [4.78, 5) is 16.5. The normalized spacial score (nSPS) is 15.5. The Morgan fingerprint density at radius 2 is 1.55 bits per heavy atom. The number of nitrogens with zero attached hydrogens (tertiary/aromatic N) is 2. The highest BCUT2D eigenvalue weighted by Crippen LogP contribution is 2.44. The van der Waals surface area contributed by atoms with Gasteiger partial charge in [-0.05, 0) is 34.4 Å². The van der Waals surface area contributed by atoms with Crippen LogP contribution in [0.1, 0.15) is 17.0 Å². The van der Waals surface area contributed by atoms with Crippen molar-refractivity contribution >= 4 is 23.4 Å². The summed E-state index contributed by atoms with van der Waals surface area (Å²) in [7, 11) is 0. The van der Waals surface area contributed by atoms with E-state index in [-0.39, 0.29) is 17.8 Å². The van der Waals surface area contributed by atoms with Crippen molar-refractivity contribution in [2.24, 2.45) is 0 Å². The zero-order valence-electron chi connectivity index (χ0n) is 17.0. The first-order valence-corrected chi connectivity index (χ1v) is 10.8. The number of amides is 1. The van der Waals surface area contributed by atoms with Crippen LogP contribution >= 0.6 is 11.6 Å². The minimum absolute atomic E-state index is 0.0589. The van der Waals surface area contributed by atoms with Gasteiger partial charge >= 0.3 is 6.09 Å². The van der Waals surface area contributed by atoms with Gasteiger partial charge in [0.15, 0.2) is 0 Å². The number of carbonyl (C=O) groups is 1. The molecule has 5 rings (SSSR count). The van der Waals surface area contributed by atoms with Crippen molar-refractivity contribution < 1.29 is 14.6 Å². The largest absolute Gasteiger partial charge is 0.506 e. The van der Waals surface area contributed by atoms with Crippen LogP contribution in [0.15, 0.2) is 66.7 Å². The van der Waals surface area contributed by atoms with Crippen LogP contribution in [0.3, 0.4) is 0 Å². The quantitative estimate of drug-likeness (QED) is 0.621. The number of phenols is 1. The Bertz CT molecular complexity index is 1080. The highest BCUT2D eigenvalue weighted by molar-refractivity contribution is 6.30. The van der Waals surface area contributed by atoms with E-state index in [4.69, 9.17) is 16.3 Å². The minimum atomic E-state index is -0.290. The summed E-state index contributed by atoms with van der Waals surface area (Å²) in [6.07, 6.45) is -0.290. The van der Waals surface area contributed by atoms with Crippen molar-refractivity contribution in [2.75, 3.05) is 37.7 Å². The van der Waals surface area contributed by atoms with Crippen LogP contribution in [0.25, 0.3) is 11.1 Å². The molecule has 0 radical (unpaired) electrons. The molecule has 3 aromatic rings. The number of ether oxygens (including phenoxy) is 1. The van der Waals surface area contributed by atoms with E-state index in [1.165, 1.54) is 28.3 Å². The topological polar surface area (TPSA) is 53.0 Å². The number of piperazine rings is 1. The summed E-state index contributed by atoms with van der Waals surface area (Å²) in [5.74, 6) is 0.214. The van der Waals surface area contributed by atoms with Gasteiger partial charge in [-0.2, -0.15) is 0 Å². The van der Waals surface area contributed by atoms with Crippen LogP contribution in [-0.4, -0.2) is 48.9 Å². The minimum Gasteiger partial charge on any atom is -0.506 e. The summed E-state index contributed by atoms with van der Waals surface area (Å²) in [6, 6.07) is 21.7. The third-order valence-corrected chi connectivity index (χ3v) is 6.39. The number of aromatic hydroxyl groups is 1. The Morgan fingerprint density at radius 1 is 0.935 bits per heavy atom. The van der Waals surface area contributed by atoms with Gasteiger partial charge in [0.1, 0.15) is 12.4 Å². The molecular weight excluding hydrogens is 412 g/mol. The molecule has 3 aromatic carbocycles. The van der Waals surface area contributed by atoms with Gasteiger partial charge in [0, 0.05) is 43.2 Å². The maximum atomic E-state index is 12.8. The van der Waals surface area contributed by atoms with Gasteiger partial charge < -0.3 is 19.6 Å². The zero-order chi connectivity index (χ0) is 21.4. The maximum absolute atomic E-state index is 12.8. The molecule has 31 heavy (non-hydrogen) atoms. The third-order valence-electron chi connectivity index (χ3n) is 6.15. The van der Waals surface area contributed by atoms with Gasteiger partial charge in [-0.3, -0.25) is 0 Å². The average molecular weight is 435 g/mol. The van der Waals surface area contributed by atoms with E-state index < -0.39 is 0 Å². The molecule has 1 fully saturated rings. The molecule has 1 saturated heterocycles. The lowest BCUT2D eigenvalue weighted by molar-refractivity contribution is 0.0976. The Labute approximate surface area is 186 Å². The number of hydrogen-bond donors (Lipinski definition) is 1. The van der Waals surface area contributed by atoms with Gasteiger partial charge in [-0.15, -0.1) is 0 Å². The summed E-state index contributed by atoms with van der Waals surface area (Å²) in [5.41, 5.74) is 5.58. The van der Waals surface area contributed by atoms with Crippen molar-refractivity contribution in [3.05, 3.63) is 82.9 Å². The molecule has 5 nitrogen and oxygen atoms in total. The smallest absolute Gasteiger partial charge is 0.409 e. The Morgan fingerprint density at radius 3 is 2.16 bits per heavy atom. The van der Waals surface area contributed by atoms with E-state index in [1.807, 2.05) is 24.3 Å². The number of halogens is 1. The summed E-state index contributed by atoms with van der Waals surface area (Å²) in [5, 5.41) is 10.7. The first-order chi connectivity index (χ1) is 15.1. The van der Waals surface area contributed by atoms with Crippen molar-refractivity contribution in [1.29, 1.82) is 0 Å². The fourth-order valence-electron chi connectivity index (χ4n) is 4.58. The molecule has 1 heterocycles. The van der Waals surface area contributed by atoms with E-state index >= 15 is 0 Å². The number of fused-ring (bicyclic) bond motifs is 3. The van der Waals surface area contributed by atoms with E-state index in [9.17, 15) is 9.90 Å². The van der Waals surface area contributed by atoms with E-state index in [2.05, 4.69) is 29.2 Å². The van der Waals surface area contributed by atoms with Crippen LogP contribution < -0.4 is 4.90 Å². The van der Waals surface area contributed by atoms with Gasteiger partial charge in [-0.25, -0.2) is 4.79 Å². The Balaban J connectivity index is 1.22. The first-order valence-electron chi connectivity index (χ1n) is 10.4. The van der Waals surface area contributed by atoms with Gasteiger partial charge in [0.2, 0.25) is 0 Å². The SMILES string of the molecule is O=C(OCC1c2ccccc2-c2ccccc21)N1CCN(c2ccc(Cl)cc2O)CC1. The molecule has 0 saturated carbocycles. The average Bonchev–Trinajstić information content (AvgIpc) is 3.11. The van der Waals surface area contributed by atoms with Crippen molar-refractivity contribution in [1.82, 2.24) is 4.90 Å². The van der Waals surface area contributed by atoms with Crippen LogP contribution in [0.5, 0.6) is 5.75 Å². The highest BCUT2D eigenvalue weighted by atomic mass is 35.5. The Hall–Kier alpha value is -3.18. The monoisotopic (exact) mass is 434 g/mol. The second-order valence-electron chi connectivity index (χ2n) is 7.91. The predicted octanol–water partition coefficient (Wildman–Crippen LogP) is 5.12. The van der Waals surface area contributed by atoms with Gasteiger partial charge in [0.05, 0.1) is 5.69 Å². The summed E-state index contributed by atoms with van der Waals surface area (Å²) >= 11 is 5.92. The number of benzene rings is 3. The molecule has 158 valence electrons. The van der Waals surface area contributed by atoms with Crippen molar-refractivity contribution in [2.45, 2.75) is 5.92 Å². The molecule has 2 aliphatic rings. The van der Waals surface area contributed by atoms with Crippen LogP contribution in [0.4, 0.5) is 10.5 Å². The second kappa shape index (κ2) is 8.16. The maximum Gasteiger partial charge on any atom is 0.409 e. The summed E-state index contributed by atoms with van der Waals surface area (Å²) < 4.78 is 5.76. The van der Waals surface area contributed by atoms with Crippen molar-refractivity contribution in [3.8, 4) is 16.9 Å². The van der Waals surface area contributed by atoms with E-state index in [0.717, 1.165) is 5.69 Å². The molecule has 0 atom stereocenters. The molecular formula is C25H23ClN2O3. The molecule has 1 amide bonds. The Kier molecular flexibility index (Phi) is 5.20. The number of rotatable bonds is 3. The number of carbonyl (C=O) groups excluding carboxylic acids is 1. The molecule has 0 aromatic heterocycles. The lowest BCUT2D eigenvalue weighted by Gasteiger charge is -2.35. The predicted molar refractivity (Wildman–Crippen MR) is 122 cm³/mol. The van der Waals surface area contributed by atoms with E-state index in [0.29, 0.717) is 37.8 Å². The van der Waals surface area contributed by atoms with Crippen LogP contribution in [-0.2, 0) is 4.74 Å². The first kappa shape index (κ1) is 19.8. The molecule has 1 aliphatic heterocycles. The fourth-order valence-corrected chi connectivity index (χ4v) is 4.75. The van der Waals surface area contributed by atoms with Gasteiger partial charge in [0.25, 0.3) is 0 Å². The third kappa shape index (κ3) is 3.70. The van der Waals surface area contributed by atoms with E-state index in [1.54, 1.807) is 17.0 Å². The lowest BCUT2D eigenvalue weighted by Crippen LogP contribution is -2.49. The zero-order valence-corrected chi connectivity index (χ0v) is 17.8. The van der Waals surface area contributed by atoms with Crippen molar-refractivity contribution in [3.63, 3.8) is 0 Å². The number of hydrogen-bond acceptors (Lipinski definition) is 4. The summed E-state index contributed by atoms with van der Waals surface area (Å²) in [6.45, 7) is 2.65. The van der Waals surface area contributed by atoms with Gasteiger partial charge in [-0.1, -0.05) is 60.1 Å².